The lowest BCUT2D eigenvalue weighted by Crippen LogP contribution is -2.23. The minimum absolute atomic E-state index is 0.121. The van der Waals surface area contributed by atoms with Gasteiger partial charge in [0.25, 0.3) is 0 Å². The first-order valence-electron chi connectivity index (χ1n) is 10.5. The number of aryl methyl sites for hydroxylation is 1. The van der Waals surface area contributed by atoms with Crippen LogP contribution >= 0.6 is 0 Å². The summed E-state index contributed by atoms with van der Waals surface area (Å²) >= 11 is 0. The molecule has 0 radical (unpaired) electrons. The van der Waals surface area contributed by atoms with Crippen molar-refractivity contribution < 1.29 is 8.42 Å². The van der Waals surface area contributed by atoms with Gasteiger partial charge in [-0.2, -0.15) is 0 Å². The Morgan fingerprint density at radius 1 is 0.970 bits per heavy atom. The summed E-state index contributed by atoms with van der Waals surface area (Å²) in [7, 11) is -3.66. The van der Waals surface area contributed by atoms with Crippen LogP contribution in [-0.4, -0.2) is 32.9 Å². The Morgan fingerprint density at radius 2 is 1.76 bits per heavy atom. The minimum atomic E-state index is -3.66. The Bertz CT molecular complexity index is 1340. The predicted molar refractivity (Wildman–Crippen MR) is 126 cm³/mol. The van der Waals surface area contributed by atoms with E-state index in [0.717, 1.165) is 17.2 Å². The molecule has 4 rings (SSSR count). The summed E-state index contributed by atoms with van der Waals surface area (Å²) in [6.45, 7) is 6.28. The standard InChI is InChI=1S/C23H25N7O2S/c1-16(2)30-17(3)26-15-22(30)21-11-13-25-23(29-21)28-18-7-9-20(10-8-18)33(31,32)27-14-19-6-4-5-12-24-19/h4-13,15-16,27H,14H2,1-3H3,(H,25,28,29). The first-order chi connectivity index (χ1) is 15.8. The third-order valence-corrected chi connectivity index (χ3v) is 6.42. The van der Waals surface area contributed by atoms with Gasteiger partial charge in [-0.15, -0.1) is 0 Å². The largest absolute Gasteiger partial charge is 0.324 e. The second-order valence-electron chi connectivity index (χ2n) is 7.71. The van der Waals surface area contributed by atoms with Gasteiger partial charge in [0.1, 0.15) is 5.82 Å². The monoisotopic (exact) mass is 463 g/mol. The van der Waals surface area contributed by atoms with E-state index in [1.807, 2.05) is 19.1 Å². The second-order valence-corrected chi connectivity index (χ2v) is 9.48. The van der Waals surface area contributed by atoms with Crippen molar-refractivity contribution in [1.29, 1.82) is 0 Å². The quantitative estimate of drug-likeness (QED) is 0.408. The highest BCUT2D eigenvalue weighted by atomic mass is 32.2. The van der Waals surface area contributed by atoms with E-state index in [0.29, 0.717) is 17.3 Å². The molecule has 170 valence electrons. The number of imidazole rings is 1. The first-order valence-corrected chi connectivity index (χ1v) is 12.0. The van der Waals surface area contributed by atoms with Crippen LogP contribution in [0.4, 0.5) is 11.6 Å². The van der Waals surface area contributed by atoms with Gasteiger partial charge in [-0.3, -0.25) is 4.98 Å². The first kappa shape index (κ1) is 22.6. The van der Waals surface area contributed by atoms with Crippen molar-refractivity contribution in [3.05, 3.63) is 78.6 Å². The number of rotatable bonds is 8. The number of nitrogens with zero attached hydrogens (tertiary/aromatic N) is 5. The summed E-state index contributed by atoms with van der Waals surface area (Å²) in [4.78, 5) is 17.6. The lowest BCUT2D eigenvalue weighted by Gasteiger charge is -2.14. The summed E-state index contributed by atoms with van der Waals surface area (Å²) < 4.78 is 29.8. The number of aromatic nitrogens is 5. The van der Waals surface area contributed by atoms with Crippen LogP contribution in [0.25, 0.3) is 11.4 Å². The van der Waals surface area contributed by atoms with Crippen molar-refractivity contribution in [2.75, 3.05) is 5.32 Å². The third-order valence-electron chi connectivity index (χ3n) is 5.01. The molecule has 0 bridgehead atoms. The number of anilines is 2. The van der Waals surface area contributed by atoms with Crippen molar-refractivity contribution in [3.63, 3.8) is 0 Å². The van der Waals surface area contributed by atoms with Crippen LogP contribution in [0.3, 0.4) is 0 Å². The molecule has 3 aromatic heterocycles. The fourth-order valence-corrected chi connectivity index (χ4v) is 4.46. The zero-order chi connectivity index (χ0) is 23.4. The summed E-state index contributed by atoms with van der Waals surface area (Å²) in [5.41, 5.74) is 2.97. The lowest BCUT2D eigenvalue weighted by molar-refractivity contribution is 0.580. The highest BCUT2D eigenvalue weighted by molar-refractivity contribution is 7.89. The van der Waals surface area contributed by atoms with Crippen molar-refractivity contribution in [1.82, 2.24) is 29.2 Å². The average Bonchev–Trinajstić information content (AvgIpc) is 3.21. The molecular formula is C23H25N7O2S. The molecule has 0 amide bonds. The molecular weight excluding hydrogens is 438 g/mol. The Labute approximate surface area is 193 Å². The number of benzene rings is 1. The van der Waals surface area contributed by atoms with Gasteiger partial charge >= 0.3 is 0 Å². The maximum absolute atomic E-state index is 12.6. The maximum atomic E-state index is 12.6. The van der Waals surface area contributed by atoms with Crippen molar-refractivity contribution in [2.45, 2.75) is 38.3 Å². The molecule has 0 aliphatic heterocycles. The molecule has 4 aromatic rings. The van der Waals surface area contributed by atoms with Gasteiger partial charge in [0, 0.05) is 24.1 Å². The molecule has 0 saturated heterocycles. The van der Waals surface area contributed by atoms with Gasteiger partial charge in [0.2, 0.25) is 16.0 Å². The molecule has 0 saturated carbocycles. The van der Waals surface area contributed by atoms with Crippen LogP contribution in [0.15, 0.2) is 72.0 Å². The van der Waals surface area contributed by atoms with E-state index in [4.69, 9.17) is 0 Å². The van der Waals surface area contributed by atoms with Crippen LogP contribution in [0.1, 0.15) is 31.4 Å². The Kier molecular flexibility index (Phi) is 6.47. The smallest absolute Gasteiger partial charge is 0.240 e. The van der Waals surface area contributed by atoms with E-state index in [-0.39, 0.29) is 17.5 Å². The molecule has 0 aliphatic carbocycles. The van der Waals surface area contributed by atoms with Crippen LogP contribution in [0.2, 0.25) is 0 Å². The van der Waals surface area contributed by atoms with Crippen LogP contribution in [-0.2, 0) is 16.6 Å². The van der Waals surface area contributed by atoms with Gasteiger partial charge in [-0.05, 0) is 63.2 Å². The van der Waals surface area contributed by atoms with Gasteiger partial charge in [0.15, 0.2) is 0 Å². The fourth-order valence-electron chi connectivity index (χ4n) is 3.46. The Hall–Kier alpha value is -3.63. The summed E-state index contributed by atoms with van der Waals surface area (Å²) in [6.07, 6.45) is 5.11. The third kappa shape index (κ3) is 5.24. The van der Waals surface area contributed by atoms with E-state index in [2.05, 4.69) is 48.4 Å². The number of hydrogen-bond donors (Lipinski definition) is 2. The van der Waals surface area contributed by atoms with Gasteiger partial charge in [-0.25, -0.2) is 28.1 Å². The average molecular weight is 464 g/mol. The molecule has 0 fully saturated rings. The van der Waals surface area contributed by atoms with Crippen LogP contribution < -0.4 is 10.0 Å². The zero-order valence-corrected chi connectivity index (χ0v) is 19.4. The van der Waals surface area contributed by atoms with E-state index >= 15 is 0 Å². The van der Waals surface area contributed by atoms with Crippen molar-refractivity contribution in [2.24, 2.45) is 0 Å². The SMILES string of the molecule is Cc1ncc(-c2ccnc(Nc3ccc(S(=O)(=O)NCc4ccccn4)cc3)n2)n1C(C)C. The van der Waals surface area contributed by atoms with Gasteiger partial charge in [0.05, 0.1) is 34.7 Å². The van der Waals surface area contributed by atoms with E-state index in [1.165, 1.54) is 12.1 Å². The molecule has 10 heteroatoms. The van der Waals surface area contributed by atoms with E-state index in [1.54, 1.807) is 42.9 Å². The molecule has 0 atom stereocenters. The topological polar surface area (TPSA) is 115 Å². The van der Waals surface area contributed by atoms with Crippen molar-refractivity contribution in [3.8, 4) is 11.4 Å². The van der Waals surface area contributed by atoms with Gasteiger partial charge in [-0.1, -0.05) is 6.07 Å². The molecule has 1 aromatic carbocycles. The Morgan fingerprint density at radius 3 is 2.45 bits per heavy atom. The molecule has 33 heavy (non-hydrogen) atoms. The summed E-state index contributed by atoms with van der Waals surface area (Å²) in [6, 6.07) is 13.8. The second kappa shape index (κ2) is 9.47. The van der Waals surface area contributed by atoms with E-state index in [9.17, 15) is 8.42 Å². The lowest BCUT2D eigenvalue weighted by atomic mass is 10.2. The zero-order valence-electron chi connectivity index (χ0n) is 18.6. The molecule has 3 heterocycles. The van der Waals surface area contributed by atoms with E-state index < -0.39 is 10.0 Å². The molecule has 0 spiro atoms. The number of pyridine rings is 1. The highest BCUT2D eigenvalue weighted by Gasteiger charge is 2.15. The normalized spacial score (nSPS) is 11.6. The van der Waals surface area contributed by atoms with Crippen molar-refractivity contribution >= 4 is 21.7 Å². The molecule has 0 aliphatic rings. The molecule has 9 nitrogen and oxygen atoms in total. The van der Waals surface area contributed by atoms with Crippen LogP contribution in [0, 0.1) is 6.92 Å². The predicted octanol–water partition coefficient (Wildman–Crippen LogP) is 3.85. The maximum Gasteiger partial charge on any atom is 0.240 e. The molecule has 0 unspecified atom stereocenters. The molecule has 2 N–H and O–H groups in total. The summed E-state index contributed by atoms with van der Waals surface area (Å²) in [5, 5.41) is 3.13. The fraction of sp³-hybridized carbons (Fsp3) is 0.217. The van der Waals surface area contributed by atoms with Crippen LogP contribution in [0.5, 0.6) is 0 Å². The van der Waals surface area contributed by atoms with Gasteiger partial charge < -0.3 is 9.88 Å². The summed E-state index contributed by atoms with van der Waals surface area (Å²) in [5.74, 6) is 1.33. The highest BCUT2D eigenvalue weighted by Crippen LogP contribution is 2.24. The Balaban J connectivity index is 1.48. The number of nitrogens with one attached hydrogen (secondary N) is 2. The number of hydrogen-bond acceptors (Lipinski definition) is 7. The number of sulfonamides is 1. The minimum Gasteiger partial charge on any atom is -0.324 e.